The fraction of sp³-hybridized carbons (Fsp3) is 0.318. The maximum Gasteiger partial charge on any atom is 0.144 e. The van der Waals surface area contributed by atoms with E-state index in [-0.39, 0.29) is 0 Å². The van der Waals surface area contributed by atoms with Crippen LogP contribution in [0.3, 0.4) is 0 Å². The molecule has 0 fully saturated rings. The number of methoxy groups -OCH3 is 1. The molecule has 0 spiro atoms. The number of rotatable bonds is 6. The zero-order valence-corrected chi connectivity index (χ0v) is 15.5. The number of hydrogen-bond donors (Lipinski definition) is 0. The summed E-state index contributed by atoms with van der Waals surface area (Å²) in [5.41, 5.74) is 4.80. The molecule has 0 saturated carbocycles. The molecule has 0 aliphatic rings. The molecule has 25 heavy (non-hydrogen) atoms. The molecule has 0 radical (unpaired) electrons. The third-order valence-electron chi connectivity index (χ3n) is 4.44. The van der Waals surface area contributed by atoms with E-state index in [1.807, 2.05) is 12.4 Å². The molecule has 0 atom stereocenters. The van der Waals surface area contributed by atoms with Crippen LogP contribution in [0.1, 0.15) is 31.9 Å². The van der Waals surface area contributed by atoms with E-state index < -0.39 is 0 Å². The lowest BCUT2D eigenvalue weighted by Crippen LogP contribution is -2.03. The molecular weight excluding hydrogens is 308 g/mol. The van der Waals surface area contributed by atoms with Gasteiger partial charge in [0.2, 0.25) is 0 Å². The molecule has 3 aromatic rings. The van der Waals surface area contributed by atoms with Crippen LogP contribution in [0.2, 0.25) is 0 Å². The van der Waals surface area contributed by atoms with E-state index >= 15 is 0 Å². The van der Waals surface area contributed by atoms with Gasteiger partial charge in [-0.25, -0.2) is 4.98 Å². The van der Waals surface area contributed by atoms with Crippen molar-refractivity contribution >= 4 is 0 Å². The van der Waals surface area contributed by atoms with E-state index in [0.29, 0.717) is 5.92 Å². The highest BCUT2D eigenvalue weighted by atomic mass is 16.5. The SMILES string of the molecule is CCc1ccc(-n2ccnc2-c2ccccc2CC(C)C)c(OC)c1. The standard InChI is InChI=1S/C22H26N2O/c1-5-17-10-11-20(21(15-17)25-4)24-13-12-23-22(24)19-9-7-6-8-18(19)14-16(2)3/h6-13,15-16H,5,14H2,1-4H3. The molecule has 0 saturated heterocycles. The van der Waals surface area contributed by atoms with Crippen molar-refractivity contribution < 1.29 is 4.74 Å². The van der Waals surface area contributed by atoms with Crippen LogP contribution in [0.25, 0.3) is 17.1 Å². The van der Waals surface area contributed by atoms with Gasteiger partial charge in [0.1, 0.15) is 11.6 Å². The quantitative estimate of drug-likeness (QED) is 0.611. The van der Waals surface area contributed by atoms with E-state index in [2.05, 4.69) is 72.8 Å². The maximum absolute atomic E-state index is 5.65. The highest BCUT2D eigenvalue weighted by Gasteiger charge is 2.15. The molecule has 0 N–H and O–H groups in total. The zero-order valence-electron chi connectivity index (χ0n) is 15.5. The van der Waals surface area contributed by atoms with Gasteiger partial charge >= 0.3 is 0 Å². The molecule has 1 aromatic heterocycles. The van der Waals surface area contributed by atoms with Crippen molar-refractivity contribution in [2.45, 2.75) is 33.6 Å². The molecule has 0 aliphatic carbocycles. The van der Waals surface area contributed by atoms with Gasteiger partial charge in [0.05, 0.1) is 12.8 Å². The van der Waals surface area contributed by atoms with Crippen LogP contribution in [-0.4, -0.2) is 16.7 Å². The molecular formula is C22H26N2O. The van der Waals surface area contributed by atoms with Crippen LogP contribution in [-0.2, 0) is 12.8 Å². The van der Waals surface area contributed by atoms with Crippen LogP contribution < -0.4 is 4.74 Å². The second-order valence-electron chi connectivity index (χ2n) is 6.74. The van der Waals surface area contributed by atoms with Gasteiger partial charge < -0.3 is 4.74 Å². The number of aromatic nitrogens is 2. The monoisotopic (exact) mass is 334 g/mol. The molecule has 0 unspecified atom stereocenters. The average Bonchev–Trinajstić information content (AvgIpc) is 3.10. The van der Waals surface area contributed by atoms with Crippen LogP contribution in [0.4, 0.5) is 0 Å². The second-order valence-corrected chi connectivity index (χ2v) is 6.74. The highest BCUT2D eigenvalue weighted by molar-refractivity contribution is 5.65. The molecule has 3 heteroatoms. The number of benzene rings is 2. The van der Waals surface area contributed by atoms with Crippen LogP contribution in [0.15, 0.2) is 54.9 Å². The summed E-state index contributed by atoms with van der Waals surface area (Å²) in [6.45, 7) is 6.64. The molecule has 2 aromatic carbocycles. The number of hydrogen-bond acceptors (Lipinski definition) is 2. The Hall–Kier alpha value is -2.55. The summed E-state index contributed by atoms with van der Waals surface area (Å²) < 4.78 is 7.77. The second kappa shape index (κ2) is 7.56. The van der Waals surface area contributed by atoms with Gasteiger partial charge in [-0.1, -0.05) is 51.1 Å². The molecule has 0 amide bonds. The maximum atomic E-state index is 5.65. The fourth-order valence-electron chi connectivity index (χ4n) is 3.19. The Morgan fingerprint density at radius 3 is 2.64 bits per heavy atom. The van der Waals surface area contributed by atoms with Gasteiger partial charge in [0.15, 0.2) is 0 Å². The lowest BCUT2D eigenvalue weighted by Gasteiger charge is -2.16. The van der Waals surface area contributed by atoms with Gasteiger partial charge in [-0.2, -0.15) is 0 Å². The van der Waals surface area contributed by atoms with Crippen molar-refractivity contribution in [2.24, 2.45) is 5.92 Å². The first-order valence-electron chi connectivity index (χ1n) is 8.93. The fourth-order valence-corrected chi connectivity index (χ4v) is 3.19. The smallest absolute Gasteiger partial charge is 0.144 e. The van der Waals surface area contributed by atoms with Crippen molar-refractivity contribution in [3.05, 3.63) is 66.0 Å². The van der Waals surface area contributed by atoms with Gasteiger partial charge in [-0.05, 0) is 42.0 Å². The predicted octanol–water partition coefficient (Wildman–Crippen LogP) is 5.31. The van der Waals surface area contributed by atoms with Crippen molar-refractivity contribution in [3.63, 3.8) is 0 Å². The lowest BCUT2D eigenvalue weighted by molar-refractivity contribution is 0.412. The van der Waals surface area contributed by atoms with Crippen LogP contribution in [0.5, 0.6) is 5.75 Å². The molecule has 0 bridgehead atoms. The molecule has 1 heterocycles. The highest BCUT2D eigenvalue weighted by Crippen LogP contribution is 2.31. The summed E-state index contributed by atoms with van der Waals surface area (Å²) >= 11 is 0. The van der Waals surface area contributed by atoms with Crippen molar-refractivity contribution in [1.29, 1.82) is 0 Å². The van der Waals surface area contributed by atoms with Gasteiger partial charge in [0, 0.05) is 18.0 Å². The first kappa shape index (κ1) is 17.3. The Kier molecular flexibility index (Phi) is 5.22. The Morgan fingerprint density at radius 1 is 1.12 bits per heavy atom. The minimum Gasteiger partial charge on any atom is -0.495 e. The lowest BCUT2D eigenvalue weighted by atomic mass is 9.97. The number of ether oxygens (including phenoxy) is 1. The first-order valence-corrected chi connectivity index (χ1v) is 8.93. The summed E-state index contributed by atoms with van der Waals surface area (Å²) in [5.74, 6) is 2.43. The Balaban J connectivity index is 2.11. The number of imidazole rings is 1. The Bertz CT molecular complexity index is 849. The topological polar surface area (TPSA) is 27.1 Å². The summed E-state index contributed by atoms with van der Waals surface area (Å²) in [4.78, 5) is 4.66. The van der Waals surface area contributed by atoms with Crippen molar-refractivity contribution in [2.75, 3.05) is 7.11 Å². The molecule has 3 rings (SSSR count). The molecule has 3 nitrogen and oxygen atoms in total. The minimum atomic E-state index is 0.600. The van der Waals surface area contributed by atoms with E-state index in [9.17, 15) is 0 Å². The largest absolute Gasteiger partial charge is 0.495 e. The van der Waals surface area contributed by atoms with Gasteiger partial charge in [0.25, 0.3) is 0 Å². The van der Waals surface area contributed by atoms with Gasteiger partial charge in [-0.3, -0.25) is 4.57 Å². The normalized spacial score (nSPS) is 11.1. The van der Waals surface area contributed by atoms with Gasteiger partial charge in [-0.15, -0.1) is 0 Å². The predicted molar refractivity (Wildman–Crippen MR) is 103 cm³/mol. The van der Waals surface area contributed by atoms with E-state index in [1.165, 1.54) is 16.7 Å². The number of nitrogens with zero attached hydrogens (tertiary/aromatic N) is 2. The van der Waals surface area contributed by atoms with E-state index in [0.717, 1.165) is 30.1 Å². The van der Waals surface area contributed by atoms with Crippen LogP contribution in [0, 0.1) is 5.92 Å². The van der Waals surface area contributed by atoms with E-state index in [1.54, 1.807) is 7.11 Å². The Morgan fingerprint density at radius 2 is 1.92 bits per heavy atom. The number of aryl methyl sites for hydroxylation is 1. The van der Waals surface area contributed by atoms with Crippen LogP contribution >= 0.6 is 0 Å². The first-order chi connectivity index (χ1) is 12.1. The minimum absolute atomic E-state index is 0.600. The molecule has 130 valence electrons. The Labute approximate surface area is 150 Å². The third kappa shape index (κ3) is 3.60. The van der Waals surface area contributed by atoms with E-state index in [4.69, 9.17) is 4.74 Å². The third-order valence-corrected chi connectivity index (χ3v) is 4.44. The molecule has 0 aliphatic heterocycles. The van der Waals surface area contributed by atoms with Crippen molar-refractivity contribution in [1.82, 2.24) is 9.55 Å². The summed E-state index contributed by atoms with van der Waals surface area (Å²) in [5, 5.41) is 0. The summed E-state index contributed by atoms with van der Waals surface area (Å²) in [6, 6.07) is 14.9. The summed E-state index contributed by atoms with van der Waals surface area (Å²) in [6.07, 6.45) is 5.89. The van der Waals surface area contributed by atoms with Crippen molar-refractivity contribution in [3.8, 4) is 22.8 Å². The summed E-state index contributed by atoms with van der Waals surface area (Å²) in [7, 11) is 1.72. The average molecular weight is 334 g/mol. The zero-order chi connectivity index (χ0) is 17.8.